The number of rotatable bonds is 7. The molecule has 1 aliphatic carbocycles. The van der Waals surface area contributed by atoms with Gasteiger partial charge in [-0.3, -0.25) is 9.78 Å². The van der Waals surface area contributed by atoms with Crippen molar-refractivity contribution in [3.63, 3.8) is 0 Å². The number of halogens is 1. The highest BCUT2D eigenvalue weighted by Crippen LogP contribution is 2.50. The van der Waals surface area contributed by atoms with Crippen molar-refractivity contribution in [1.82, 2.24) is 20.3 Å². The molecule has 188 valence electrons. The fourth-order valence-electron chi connectivity index (χ4n) is 5.10. The van der Waals surface area contributed by atoms with E-state index < -0.39 is 5.82 Å². The van der Waals surface area contributed by atoms with E-state index in [9.17, 15) is 9.18 Å². The van der Waals surface area contributed by atoms with Gasteiger partial charge in [-0.15, -0.1) is 0 Å². The molecule has 7 rings (SSSR count). The fraction of sp³-hybridized carbons (Fsp3) is 0.296. The van der Waals surface area contributed by atoms with Crippen molar-refractivity contribution in [2.24, 2.45) is 5.92 Å². The Morgan fingerprint density at radius 1 is 1.22 bits per heavy atom. The summed E-state index contributed by atoms with van der Waals surface area (Å²) in [5, 5.41) is 6.36. The monoisotopic (exact) mass is 501 g/mol. The van der Waals surface area contributed by atoms with Gasteiger partial charge in [0.15, 0.2) is 11.6 Å². The second kappa shape index (κ2) is 8.45. The zero-order valence-corrected chi connectivity index (χ0v) is 20.0. The molecule has 0 radical (unpaired) electrons. The van der Waals surface area contributed by atoms with E-state index in [-0.39, 0.29) is 23.6 Å². The molecule has 1 saturated heterocycles. The van der Waals surface area contributed by atoms with E-state index in [0.717, 1.165) is 17.7 Å². The number of methoxy groups -OCH3 is 1. The summed E-state index contributed by atoms with van der Waals surface area (Å²) >= 11 is 0. The fourth-order valence-corrected chi connectivity index (χ4v) is 5.10. The maximum Gasteiger partial charge on any atom is 0.255 e. The lowest BCUT2D eigenvalue weighted by atomic mass is 10.0. The lowest BCUT2D eigenvalue weighted by molar-refractivity contribution is -0.0513. The molecule has 10 heteroatoms. The minimum Gasteiger partial charge on any atom is -0.492 e. The Balaban J connectivity index is 1.37. The molecular formula is C27H24FN5O4. The summed E-state index contributed by atoms with van der Waals surface area (Å²) in [7, 11) is 1.41. The van der Waals surface area contributed by atoms with Gasteiger partial charge in [0.2, 0.25) is 5.88 Å². The van der Waals surface area contributed by atoms with Gasteiger partial charge in [0.1, 0.15) is 5.52 Å². The van der Waals surface area contributed by atoms with Crippen LogP contribution >= 0.6 is 0 Å². The number of para-hydroxylation sites is 1. The first-order chi connectivity index (χ1) is 18.1. The van der Waals surface area contributed by atoms with Crippen LogP contribution in [0.1, 0.15) is 28.4 Å². The predicted octanol–water partition coefficient (Wildman–Crippen LogP) is 4.14. The van der Waals surface area contributed by atoms with Gasteiger partial charge in [-0.2, -0.15) is 0 Å². The summed E-state index contributed by atoms with van der Waals surface area (Å²) in [6, 6.07) is 10.3. The van der Waals surface area contributed by atoms with Crippen molar-refractivity contribution >= 4 is 28.3 Å². The molecular weight excluding hydrogens is 477 g/mol. The Morgan fingerprint density at radius 3 is 2.92 bits per heavy atom. The molecule has 2 atom stereocenters. The van der Waals surface area contributed by atoms with E-state index in [2.05, 4.69) is 20.6 Å². The van der Waals surface area contributed by atoms with Gasteiger partial charge in [-0.25, -0.2) is 9.37 Å². The zero-order valence-electron chi connectivity index (χ0n) is 20.0. The minimum absolute atomic E-state index is 0.0669. The summed E-state index contributed by atoms with van der Waals surface area (Å²) in [5.74, 6) is 0.458. The molecule has 2 fully saturated rings. The van der Waals surface area contributed by atoms with E-state index in [0.29, 0.717) is 65.3 Å². The van der Waals surface area contributed by atoms with Crippen molar-refractivity contribution in [1.29, 1.82) is 0 Å². The molecule has 3 aromatic heterocycles. The van der Waals surface area contributed by atoms with Gasteiger partial charge in [-0.1, -0.05) is 6.07 Å². The standard InChI is InChI=1S/C27H24FN5O4/c1-35-26-16(28)3-2-4-18(26)30-25-21-23(15-9-19(15)31-27(21)34)33-24(25)14-7-8-29-17-5-6-20(32-22(14)17)37-12-13-10-36-11-13/h2-8,13,15,19,30,33H,9-12H2,1H3,(H,31,34). The van der Waals surface area contributed by atoms with Gasteiger partial charge in [0.25, 0.3) is 5.91 Å². The van der Waals surface area contributed by atoms with Crippen molar-refractivity contribution in [2.75, 3.05) is 32.2 Å². The molecule has 0 spiro atoms. The number of aromatic nitrogens is 3. The van der Waals surface area contributed by atoms with Crippen LogP contribution < -0.4 is 20.1 Å². The highest BCUT2D eigenvalue weighted by molar-refractivity contribution is 6.09. The lowest BCUT2D eigenvalue weighted by Crippen LogP contribution is -2.32. The number of nitrogens with zero attached hydrogens (tertiary/aromatic N) is 2. The van der Waals surface area contributed by atoms with Crippen molar-refractivity contribution in [2.45, 2.75) is 18.4 Å². The summed E-state index contributed by atoms with van der Waals surface area (Å²) in [6.45, 7) is 1.91. The number of amides is 1. The first-order valence-electron chi connectivity index (χ1n) is 12.2. The highest BCUT2D eigenvalue weighted by Gasteiger charge is 2.48. The number of fused-ring (bicyclic) bond motifs is 4. The van der Waals surface area contributed by atoms with Crippen LogP contribution in [0.4, 0.5) is 15.8 Å². The molecule has 4 aromatic rings. The molecule has 0 bridgehead atoms. The van der Waals surface area contributed by atoms with Crippen LogP contribution in [0.5, 0.6) is 11.6 Å². The number of ether oxygens (including phenoxy) is 3. The first kappa shape index (κ1) is 22.1. The number of pyridine rings is 2. The average molecular weight is 502 g/mol. The number of hydrogen-bond acceptors (Lipinski definition) is 7. The van der Waals surface area contributed by atoms with Crippen molar-refractivity contribution < 1.29 is 23.4 Å². The van der Waals surface area contributed by atoms with E-state index in [4.69, 9.17) is 19.2 Å². The van der Waals surface area contributed by atoms with Gasteiger partial charge < -0.3 is 29.8 Å². The Bertz CT molecular complexity index is 1550. The van der Waals surface area contributed by atoms with Gasteiger partial charge in [0.05, 0.1) is 55.1 Å². The second-order valence-electron chi connectivity index (χ2n) is 9.62. The third-order valence-electron chi connectivity index (χ3n) is 7.17. The van der Waals surface area contributed by atoms with Crippen molar-refractivity contribution in [3.05, 3.63) is 59.7 Å². The number of nitrogens with one attached hydrogen (secondary N) is 3. The maximum atomic E-state index is 14.5. The third kappa shape index (κ3) is 3.67. The van der Waals surface area contributed by atoms with Crippen LogP contribution in [0.3, 0.4) is 0 Å². The van der Waals surface area contributed by atoms with Gasteiger partial charge >= 0.3 is 0 Å². The quantitative estimate of drug-likeness (QED) is 0.349. The molecule has 5 heterocycles. The molecule has 3 aliphatic rings. The normalized spacial score (nSPS) is 20.0. The summed E-state index contributed by atoms with van der Waals surface area (Å²) in [4.78, 5) is 25.9. The molecule has 9 nitrogen and oxygen atoms in total. The minimum atomic E-state index is -0.500. The molecule has 1 amide bonds. The van der Waals surface area contributed by atoms with Crippen molar-refractivity contribution in [3.8, 4) is 22.9 Å². The number of carbonyl (C=O) groups is 1. The Labute approximate surface area is 211 Å². The maximum absolute atomic E-state index is 14.5. The zero-order chi connectivity index (χ0) is 25.1. The summed E-state index contributed by atoms with van der Waals surface area (Å²) < 4.78 is 31.0. The van der Waals surface area contributed by atoms with Crippen LogP contribution in [0.25, 0.3) is 22.3 Å². The second-order valence-corrected chi connectivity index (χ2v) is 9.62. The molecule has 2 aliphatic heterocycles. The number of anilines is 2. The molecule has 37 heavy (non-hydrogen) atoms. The summed E-state index contributed by atoms with van der Waals surface area (Å²) in [6.07, 6.45) is 2.58. The van der Waals surface area contributed by atoms with Crippen LogP contribution in [0.2, 0.25) is 0 Å². The van der Waals surface area contributed by atoms with Gasteiger partial charge in [0, 0.05) is 41.4 Å². The SMILES string of the molecule is COc1c(F)cccc1Nc1c(-c2ccnc3ccc(OCC4COC4)nc23)[nH]c2c1C(=O)NC1CC21. The van der Waals surface area contributed by atoms with E-state index >= 15 is 0 Å². The van der Waals surface area contributed by atoms with Crippen LogP contribution in [0, 0.1) is 11.7 Å². The Kier molecular flexibility index (Phi) is 5.03. The smallest absolute Gasteiger partial charge is 0.255 e. The van der Waals surface area contributed by atoms with E-state index in [1.165, 1.54) is 13.2 Å². The number of benzene rings is 1. The number of H-pyrrole nitrogens is 1. The lowest BCUT2D eigenvalue weighted by Gasteiger charge is -2.25. The number of hydrogen-bond donors (Lipinski definition) is 3. The number of carbonyl (C=O) groups excluding carboxylic acids is 1. The molecule has 1 saturated carbocycles. The molecule has 2 unspecified atom stereocenters. The number of aromatic amines is 1. The Morgan fingerprint density at radius 2 is 2.11 bits per heavy atom. The topological polar surface area (TPSA) is 110 Å². The molecule has 1 aromatic carbocycles. The largest absolute Gasteiger partial charge is 0.492 e. The first-order valence-corrected chi connectivity index (χ1v) is 12.2. The molecule has 3 N–H and O–H groups in total. The highest BCUT2D eigenvalue weighted by atomic mass is 19.1. The van der Waals surface area contributed by atoms with Crippen LogP contribution in [-0.2, 0) is 4.74 Å². The average Bonchev–Trinajstić information content (AvgIpc) is 3.55. The summed E-state index contributed by atoms with van der Waals surface area (Å²) in [5.41, 5.74) is 5.07. The van der Waals surface area contributed by atoms with Gasteiger partial charge in [-0.05, 0) is 30.7 Å². The van der Waals surface area contributed by atoms with Crippen LogP contribution in [0.15, 0.2) is 42.6 Å². The van der Waals surface area contributed by atoms with E-state index in [1.54, 1.807) is 24.4 Å². The van der Waals surface area contributed by atoms with Crippen LogP contribution in [-0.4, -0.2) is 53.8 Å². The third-order valence-corrected chi connectivity index (χ3v) is 7.17. The predicted molar refractivity (Wildman–Crippen MR) is 134 cm³/mol. The Hall–Kier alpha value is -4.18. The van der Waals surface area contributed by atoms with E-state index in [1.807, 2.05) is 12.1 Å².